The highest BCUT2D eigenvalue weighted by atomic mass is 79.9. The molecule has 1 amide bonds. The maximum absolute atomic E-state index is 11.9. The Bertz CT molecular complexity index is 267. The average molecular weight is 318 g/mol. The van der Waals surface area contributed by atoms with E-state index in [1.54, 1.807) is 0 Å². The van der Waals surface area contributed by atoms with Crippen LogP contribution in [0.1, 0.15) is 51.4 Å². The smallest absolute Gasteiger partial charge is 0.220 e. The van der Waals surface area contributed by atoms with Gasteiger partial charge in [0.1, 0.15) is 0 Å². The van der Waals surface area contributed by atoms with Gasteiger partial charge in [-0.05, 0) is 38.0 Å². The molecule has 2 rings (SSSR count). The lowest BCUT2D eigenvalue weighted by molar-refractivity contribution is -0.123. The predicted molar refractivity (Wildman–Crippen MR) is 75.9 cm³/mol. The second kappa shape index (κ2) is 7.49. The Balaban J connectivity index is 1.68. The van der Waals surface area contributed by atoms with Gasteiger partial charge < -0.3 is 10.1 Å². The average Bonchev–Trinajstić information content (AvgIpc) is 2.90. The number of amides is 1. The highest BCUT2D eigenvalue weighted by Crippen LogP contribution is 2.26. The fourth-order valence-electron chi connectivity index (χ4n) is 3.03. The molecule has 0 aromatic heterocycles. The fraction of sp³-hybridized carbons (Fsp3) is 0.929. The van der Waals surface area contributed by atoms with Crippen LogP contribution in [0.4, 0.5) is 0 Å². The summed E-state index contributed by atoms with van der Waals surface area (Å²) in [6.45, 7) is 0.876. The van der Waals surface area contributed by atoms with Crippen molar-refractivity contribution in [1.29, 1.82) is 0 Å². The van der Waals surface area contributed by atoms with Crippen LogP contribution in [-0.2, 0) is 9.53 Å². The van der Waals surface area contributed by atoms with Gasteiger partial charge in [0.05, 0.1) is 6.10 Å². The Morgan fingerprint density at radius 2 is 2.06 bits per heavy atom. The minimum atomic E-state index is 0.211. The number of rotatable bonds is 5. The van der Waals surface area contributed by atoms with Crippen LogP contribution in [0.5, 0.6) is 0 Å². The molecule has 1 heterocycles. The first kappa shape index (κ1) is 14.3. The Morgan fingerprint density at radius 3 is 2.78 bits per heavy atom. The van der Waals surface area contributed by atoms with Crippen LogP contribution in [0, 0.1) is 5.92 Å². The zero-order valence-corrected chi connectivity index (χ0v) is 12.6. The van der Waals surface area contributed by atoms with Gasteiger partial charge in [0.15, 0.2) is 0 Å². The van der Waals surface area contributed by atoms with E-state index in [4.69, 9.17) is 4.74 Å². The Labute approximate surface area is 118 Å². The summed E-state index contributed by atoms with van der Waals surface area (Å²) in [5, 5.41) is 4.22. The fourth-order valence-corrected chi connectivity index (χ4v) is 3.80. The largest absolute Gasteiger partial charge is 0.378 e. The molecule has 3 unspecified atom stereocenters. The number of carbonyl (C=O) groups is 1. The summed E-state index contributed by atoms with van der Waals surface area (Å²) in [5.74, 6) is 0.828. The van der Waals surface area contributed by atoms with E-state index in [0.717, 1.165) is 37.6 Å². The van der Waals surface area contributed by atoms with Crippen molar-refractivity contribution in [3.8, 4) is 0 Å². The Hall–Kier alpha value is -0.0900. The van der Waals surface area contributed by atoms with E-state index in [0.29, 0.717) is 24.5 Å². The quantitative estimate of drug-likeness (QED) is 0.791. The van der Waals surface area contributed by atoms with E-state index in [-0.39, 0.29) is 5.91 Å². The van der Waals surface area contributed by atoms with E-state index >= 15 is 0 Å². The van der Waals surface area contributed by atoms with Gasteiger partial charge in [-0.2, -0.15) is 0 Å². The molecule has 2 fully saturated rings. The second-order valence-corrected chi connectivity index (χ2v) is 6.19. The van der Waals surface area contributed by atoms with Gasteiger partial charge in [-0.3, -0.25) is 4.79 Å². The number of carbonyl (C=O) groups excluding carboxylic acids is 1. The number of hydrogen-bond donors (Lipinski definition) is 1. The maximum Gasteiger partial charge on any atom is 0.220 e. The third-order valence-electron chi connectivity index (χ3n) is 4.17. The molecule has 3 nitrogen and oxygen atoms in total. The van der Waals surface area contributed by atoms with E-state index < -0.39 is 0 Å². The lowest BCUT2D eigenvalue weighted by Crippen LogP contribution is -2.42. The van der Waals surface area contributed by atoms with Gasteiger partial charge in [0.2, 0.25) is 5.91 Å². The SMILES string of the molecule is O=C(CCC1CCCO1)NC1CCCCC1CBr. The molecule has 18 heavy (non-hydrogen) atoms. The van der Waals surface area contributed by atoms with Crippen molar-refractivity contribution in [2.45, 2.75) is 63.5 Å². The van der Waals surface area contributed by atoms with E-state index in [1.807, 2.05) is 0 Å². The van der Waals surface area contributed by atoms with Crippen molar-refractivity contribution in [3.05, 3.63) is 0 Å². The van der Waals surface area contributed by atoms with Gasteiger partial charge in [-0.15, -0.1) is 0 Å². The molecule has 104 valence electrons. The molecular weight excluding hydrogens is 294 g/mol. The van der Waals surface area contributed by atoms with Crippen LogP contribution < -0.4 is 5.32 Å². The van der Waals surface area contributed by atoms with Gasteiger partial charge in [-0.1, -0.05) is 28.8 Å². The molecule has 2 aliphatic rings. The van der Waals surface area contributed by atoms with E-state index in [2.05, 4.69) is 21.2 Å². The molecule has 4 heteroatoms. The molecule has 3 atom stereocenters. The summed E-state index contributed by atoms with van der Waals surface area (Å²) in [6, 6.07) is 0.384. The molecule has 0 radical (unpaired) electrons. The Kier molecular flexibility index (Phi) is 5.96. The first-order chi connectivity index (χ1) is 8.79. The molecule has 0 spiro atoms. The number of halogens is 1. The van der Waals surface area contributed by atoms with Crippen molar-refractivity contribution in [2.75, 3.05) is 11.9 Å². The Morgan fingerprint density at radius 1 is 1.22 bits per heavy atom. The molecule has 0 aromatic rings. The van der Waals surface area contributed by atoms with Crippen molar-refractivity contribution in [1.82, 2.24) is 5.32 Å². The first-order valence-corrected chi connectivity index (χ1v) is 8.38. The minimum Gasteiger partial charge on any atom is -0.378 e. The first-order valence-electron chi connectivity index (χ1n) is 7.26. The third-order valence-corrected chi connectivity index (χ3v) is 5.00. The summed E-state index contributed by atoms with van der Waals surface area (Å²) < 4.78 is 5.55. The zero-order valence-electron chi connectivity index (χ0n) is 11.0. The molecular formula is C14H24BrNO2. The van der Waals surface area contributed by atoms with Crippen molar-refractivity contribution in [3.63, 3.8) is 0 Å². The van der Waals surface area contributed by atoms with Crippen LogP contribution in [0.3, 0.4) is 0 Å². The standard InChI is InChI=1S/C14H24BrNO2/c15-10-11-4-1-2-6-13(11)16-14(17)8-7-12-5-3-9-18-12/h11-13H,1-10H2,(H,16,17). The summed E-state index contributed by atoms with van der Waals surface area (Å²) in [5.41, 5.74) is 0. The molecule has 1 aliphatic heterocycles. The van der Waals surface area contributed by atoms with Gasteiger partial charge in [-0.25, -0.2) is 0 Å². The number of nitrogens with one attached hydrogen (secondary N) is 1. The highest BCUT2D eigenvalue weighted by molar-refractivity contribution is 9.09. The van der Waals surface area contributed by atoms with E-state index in [9.17, 15) is 4.79 Å². The molecule has 1 aliphatic carbocycles. The van der Waals surface area contributed by atoms with Gasteiger partial charge in [0, 0.05) is 24.4 Å². The van der Waals surface area contributed by atoms with E-state index in [1.165, 1.54) is 19.3 Å². The highest BCUT2D eigenvalue weighted by Gasteiger charge is 2.25. The lowest BCUT2D eigenvalue weighted by atomic mass is 9.86. The van der Waals surface area contributed by atoms with Crippen molar-refractivity contribution >= 4 is 21.8 Å². The second-order valence-electron chi connectivity index (χ2n) is 5.55. The van der Waals surface area contributed by atoms with Gasteiger partial charge in [0.25, 0.3) is 0 Å². The normalized spacial score (nSPS) is 32.4. The molecule has 1 saturated heterocycles. The maximum atomic E-state index is 11.9. The minimum absolute atomic E-state index is 0.211. The zero-order chi connectivity index (χ0) is 12.8. The number of ether oxygens (including phenoxy) is 1. The number of hydrogen-bond acceptors (Lipinski definition) is 2. The molecule has 1 saturated carbocycles. The van der Waals surface area contributed by atoms with Crippen LogP contribution >= 0.6 is 15.9 Å². The summed E-state index contributed by atoms with van der Waals surface area (Å²) in [7, 11) is 0. The number of alkyl halides is 1. The van der Waals surface area contributed by atoms with Crippen molar-refractivity contribution < 1.29 is 9.53 Å². The van der Waals surface area contributed by atoms with Crippen molar-refractivity contribution in [2.24, 2.45) is 5.92 Å². The van der Waals surface area contributed by atoms with Crippen LogP contribution in [0.2, 0.25) is 0 Å². The van der Waals surface area contributed by atoms with Crippen LogP contribution in [0.25, 0.3) is 0 Å². The van der Waals surface area contributed by atoms with Crippen LogP contribution in [0.15, 0.2) is 0 Å². The predicted octanol–water partition coefficient (Wildman–Crippen LogP) is 3.02. The van der Waals surface area contributed by atoms with Gasteiger partial charge >= 0.3 is 0 Å². The van der Waals surface area contributed by atoms with Crippen LogP contribution in [-0.4, -0.2) is 30.0 Å². The molecule has 0 aromatic carbocycles. The summed E-state index contributed by atoms with van der Waals surface area (Å²) in [6.07, 6.45) is 9.05. The lowest BCUT2D eigenvalue weighted by Gasteiger charge is -2.31. The third kappa shape index (κ3) is 4.23. The molecule has 0 bridgehead atoms. The monoisotopic (exact) mass is 317 g/mol. The molecule has 1 N–H and O–H groups in total. The topological polar surface area (TPSA) is 38.3 Å². The summed E-state index contributed by atoms with van der Waals surface area (Å²) >= 11 is 3.56. The summed E-state index contributed by atoms with van der Waals surface area (Å²) in [4.78, 5) is 11.9.